The van der Waals surface area contributed by atoms with Crippen molar-refractivity contribution in [2.24, 2.45) is 0 Å². The minimum absolute atomic E-state index is 0.0814. The van der Waals surface area contributed by atoms with Crippen molar-refractivity contribution in [3.8, 4) is 34.1 Å². The second kappa shape index (κ2) is 9.12. The molecule has 0 aliphatic carbocycles. The fourth-order valence-corrected chi connectivity index (χ4v) is 4.10. The van der Waals surface area contributed by atoms with Gasteiger partial charge in [-0.3, -0.25) is 4.79 Å². The number of phenols is 2. The van der Waals surface area contributed by atoms with Crippen LogP contribution in [0.3, 0.4) is 0 Å². The van der Waals surface area contributed by atoms with Gasteiger partial charge in [0.25, 0.3) is 0 Å². The monoisotopic (exact) mass is 476 g/mol. The molecule has 1 saturated heterocycles. The van der Waals surface area contributed by atoms with Crippen molar-refractivity contribution in [2.75, 3.05) is 20.8 Å². The van der Waals surface area contributed by atoms with Crippen molar-refractivity contribution in [3.05, 3.63) is 46.3 Å². The summed E-state index contributed by atoms with van der Waals surface area (Å²) in [7, 11) is 2.64. The average Bonchev–Trinajstić information content (AvgIpc) is 2.84. The van der Waals surface area contributed by atoms with Crippen LogP contribution in [0.2, 0.25) is 0 Å². The SMILES string of the molecule is COc1ccc(-c2coc3c(C4OC(CO)C(O)C(O)C4O)c(O)c(OC)c(O)c3c2=O)cc1. The molecule has 5 unspecified atom stereocenters. The minimum Gasteiger partial charge on any atom is -0.504 e. The number of aliphatic hydroxyl groups excluding tert-OH is 4. The highest BCUT2D eigenvalue weighted by Gasteiger charge is 2.46. The molecule has 0 spiro atoms. The zero-order valence-electron chi connectivity index (χ0n) is 18.2. The summed E-state index contributed by atoms with van der Waals surface area (Å²) in [6, 6.07) is 6.50. The van der Waals surface area contributed by atoms with E-state index in [2.05, 4.69) is 0 Å². The third kappa shape index (κ3) is 3.63. The lowest BCUT2D eigenvalue weighted by Crippen LogP contribution is -2.55. The van der Waals surface area contributed by atoms with Gasteiger partial charge in [0, 0.05) is 0 Å². The summed E-state index contributed by atoms with van der Waals surface area (Å²) >= 11 is 0. The van der Waals surface area contributed by atoms with Gasteiger partial charge in [0.1, 0.15) is 47.9 Å². The molecule has 5 atom stereocenters. The van der Waals surface area contributed by atoms with Gasteiger partial charge in [0.15, 0.2) is 17.1 Å². The van der Waals surface area contributed by atoms with E-state index in [9.17, 15) is 35.4 Å². The molecule has 4 rings (SSSR count). The molecule has 0 radical (unpaired) electrons. The minimum atomic E-state index is -1.78. The summed E-state index contributed by atoms with van der Waals surface area (Å²) in [6.45, 7) is -0.707. The number of hydrogen-bond donors (Lipinski definition) is 6. The smallest absolute Gasteiger partial charge is 0.204 e. The molecule has 182 valence electrons. The Hall–Kier alpha value is -3.35. The van der Waals surface area contributed by atoms with Crippen LogP contribution in [-0.2, 0) is 4.74 Å². The van der Waals surface area contributed by atoms with Gasteiger partial charge >= 0.3 is 0 Å². The molecule has 3 aromatic rings. The summed E-state index contributed by atoms with van der Waals surface area (Å²) in [4.78, 5) is 13.4. The molecule has 2 heterocycles. The summed E-state index contributed by atoms with van der Waals surface area (Å²) in [5, 5.41) is 61.6. The zero-order valence-corrected chi connectivity index (χ0v) is 18.2. The summed E-state index contributed by atoms with van der Waals surface area (Å²) in [6.07, 6.45) is -6.91. The maximum absolute atomic E-state index is 13.4. The Morgan fingerprint density at radius 3 is 2.21 bits per heavy atom. The van der Waals surface area contributed by atoms with Crippen molar-refractivity contribution in [1.29, 1.82) is 0 Å². The van der Waals surface area contributed by atoms with Crippen LogP contribution in [0.4, 0.5) is 0 Å². The number of hydrogen-bond acceptors (Lipinski definition) is 11. The quantitative estimate of drug-likeness (QED) is 0.300. The van der Waals surface area contributed by atoms with Gasteiger partial charge in [-0.15, -0.1) is 0 Å². The fourth-order valence-electron chi connectivity index (χ4n) is 4.10. The van der Waals surface area contributed by atoms with E-state index in [1.807, 2.05) is 0 Å². The number of methoxy groups -OCH3 is 2. The zero-order chi connectivity index (χ0) is 24.7. The standard InChI is InChI=1S/C23H24O11/c1-31-10-5-3-9(4-6-10)11-8-33-21-13(15(11)25)17(27)23(32-2)18(28)14(21)22-20(30)19(29)16(26)12(7-24)34-22/h3-6,8,12,16,19-20,22,24,26-30H,7H2,1-2H3. The molecule has 0 saturated carbocycles. The summed E-state index contributed by atoms with van der Waals surface area (Å²) in [5.41, 5.74) is -0.773. The first-order valence-corrected chi connectivity index (χ1v) is 10.3. The lowest BCUT2D eigenvalue weighted by Gasteiger charge is -2.40. The van der Waals surface area contributed by atoms with Crippen molar-refractivity contribution in [1.82, 2.24) is 0 Å². The molecule has 1 aliphatic heterocycles. The number of fused-ring (bicyclic) bond motifs is 1. The first-order valence-electron chi connectivity index (χ1n) is 10.3. The van der Waals surface area contributed by atoms with E-state index in [0.29, 0.717) is 11.3 Å². The lowest BCUT2D eigenvalue weighted by molar-refractivity contribution is -0.231. The molecule has 11 heteroatoms. The Morgan fingerprint density at radius 2 is 1.62 bits per heavy atom. The first-order chi connectivity index (χ1) is 16.2. The number of benzene rings is 2. The molecule has 2 aromatic carbocycles. The highest BCUT2D eigenvalue weighted by atomic mass is 16.5. The van der Waals surface area contributed by atoms with Gasteiger partial charge in [-0.2, -0.15) is 0 Å². The normalized spacial score (nSPS) is 24.8. The first kappa shape index (κ1) is 23.8. The Bertz CT molecular complexity index is 1250. The largest absolute Gasteiger partial charge is 0.504 e. The fraction of sp³-hybridized carbons (Fsp3) is 0.348. The van der Waals surface area contributed by atoms with Crippen molar-refractivity contribution < 1.29 is 49.3 Å². The van der Waals surface area contributed by atoms with Gasteiger partial charge in [-0.25, -0.2) is 0 Å². The van der Waals surface area contributed by atoms with Crippen LogP contribution in [0.15, 0.2) is 39.7 Å². The molecule has 1 aromatic heterocycles. The maximum Gasteiger partial charge on any atom is 0.204 e. The molecule has 11 nitrogen and oxygen atoms in total. The van der Waals surface area contributed by atoms with Crippen molar-refractivity contribution in [2.45, 2.75) is 30.5 Å². The molecular formula is C23H24O11. The molecular weight excluding hydrogens is 452 g/mol. The highest BCUT2D eigenvalue weighted by molar-refractivity contribution is 5.94. The second-order valence-corrected chi connectivity index (χ2v) is 7.80. The van der Waals surface area contributed by atoms with E-state index in [4.69, 9.17) is 18.6 Å². The van der Waals surface area contributed by atoms with Crippen LogP contribution in [0.1, 0.15) is 11.7 Å². The predicted octanol–water partition coefficient (Wildman–Crippen LogP) is 0.403. The van der Waals surface area contributed by atoms with E-state index >= 15 is 0 Å². The third-order valence-corrected chi connectivity index (χ3v) is 5.94. The highest BCUT2D eigenvalue weighted by Crippen LogP contribution is 2.49. The van der Waals surface area contributed by atoms with Crippen molar-refractivity contribution in [3.63, 3.8) is 0 Å². The van der Waals surface area contributed by atoms with Crippen LogP contribution in [-0.4, -0.2) is 75.9 Å². The number of aliphatic hydroxyl groups is 4. The average molecular weight is 476 g/mol. The number of rotatable bonds is 5. The van der Waals surface area contributed by atoms with Gasteiger partial charge in [0.2, 0.25) is 11.2 Å². The third-order valence-electron chi connectivity index (χ3n) is 5.94. The van der Waals surface area contributed by atoms with Crippen LogP contribution in [0.25, 0.3) is 22.1 Å². The Balaban J connectivity index is 1.98. The number of aromatic hydroxyl groups is 2. The Kier molecular flexibility index (Phi) is 6.39. The number of phenolic OH excluding ortho intramolecular Hbond substituents is 2. The molecule has 0 amide bonds. The predicted molar refractivity (Wildman–Crippen MR) is 117 cm³/mol. The van der Waals surface area contributed by atoms with Gasteiger partial charge < -0.3 is 49.3 Å². The van der Waals surface area contributed by atoms with Gasteiger partial charge in [-0.05, 0) is 17.7 Å². The van der Waals surface area contributed by atoms with E-state index in [-0.39, 0.29) is 22.1 Å². The Morgan fingerprint density at radius 1 is 0.941 bits per heavy atom. The van der Waals surface area contributed by atoms with E-state index in [1.54, 1.807) is 24.3 Å². The van der Waals surface area contributed by atoms with Gasteiger partial charge in [-0.1, -0.05) is 12.1 Å². The Labute approximate surface area is 192 Å². The van der Waals surface area contributed by atoms with E-state index in [1.165, 1.54) is 7.11 Å². The van der Waals surface area contributed by atoms with Crippen molar-refractivity contribution >= 4 is 11.0 Å². The van der Waals surface area contributed by atoms with Crippen LogP contribution in [0.5, 0.6) is 23.0 Å². The topological polar surface area (TPSA) is 179 Å². The number of ether oxygens (including phenoxy) is 3. The van der Waals surface area contributed by atoms with E-state index in [0.717, 1.165) is 13.4 Å². The maximum atomic E-state index is 13.4. The lowest BCUT2D eigenvalue weighted by atomic mass is 9.89. The molecule has 34 heavy (non-hydrogen) atoms. The molecule has 1 fully saturated rings. The molecule has 0 bridgehead atoms. The van der Waals surface area contributed by atoms with E-state index < -0.39 is 59.8 Å². The summed E-state index contributed by atoms with van der Waals surface area (Å²) < 4.78 is 21.4. The van der Waals surface area contributed by atoms with Crippen LogP contribution < -0.4 is 14.9 Å². The van der Waals surface area contributed by atoms with Gasteiger partial charge in [0.05, 0.1) is 32.0 Å². The van der Waals surface area contributed by atoms with Crippen LogP contribution in [0, 0.1) is 0 Å². The molecule has 6 N–H and O–H groups in total. The second-order valence-electron chi connectivity index (χ2n) is 7.80. The molecule has 1 aliphatic rings. The van der Waals surface area contributed by atoms with Crippen LogP contribution >= 0.6 is 0 Å². The summed E-state index contributed by atoms with van der Waals surface area (Å²) in [5.74, 6) is -1.34.